The Kier molecular flexibility index (Phi) is 2.93. The molecule has 0 amide bonds. The van der Waals surface area contributed by atoms with Gasteiger partial charge in [-0.05, 0) is 43.4 Å². The summed E-state index contributed by atoms with van der Waals surface area (Å²) < 4.78 is 0. The van der Waals surface area contributed by atoms with Crippen molar-refractivity contribution in [3.05, 3.63) is 35.4 Å². The quantitative estimate of drug-likeness (QED) is 0.863. The molecule has 1 saturated carbocycles. The second-order valence-electron chi connectivity index (χ2n) is 5.73. The van der Waals surface area contributed by atoms with Gasteiger partial charge in [0.1, 0.15) is 0 Å². The minimum atomic E-state index is 0.205. The van der Waals surface area contributed by atoms with Gasteiger partial charge in [-0.3, -0.25) is 0 Å². The van der Waals surface area contributed by atoms with E-state index in [1.165, 1.54) is 36.9 Å². The van der Waals surface area contributed by atoms with Gasteiger partial charge in [-0.2, -0.15) is 0 Å². The zero-order valence-electron chi connectivity index (χ0n) is 10.6. The molecule has 3 rings (SSSR count). The van der Waals surface area contributed by atoms with E-state index in [1.807, 2.05) is 0 Å². The fraction of sp³-hybridized carbons (Fsp3) is 0.600. The lowest BCUT2D eigenvalue weighted by Crippen LogP contribution is -2.42. The summed E-state index contributed by atoms with van der Waals surface area (Å²) in [6, 6.07) is 9.36. The summed E-state index contributed by atoms with van der Waals surface area (Å²) in [6.45, 7) is 1.23. The second kappa shape index (κ2) is 4.43. The molecule has 0 aromatic heterocycles. The summed E-state index contributed by atoms with van der Waals surface area (Å²) in [5.74, 6) is 0.927. The van der Waals surface area contributed by atoms with Crippen molar-refractivity contribution in [3.63, 3.8) is 0 Å². The Labute approximate surface area is 104 Å². The molecule has 2 N–H and O–H groups in total. The van der Waals surface area contributed by atoms with Crippen LogP contribution in [0.5, 0.6) is 0 Å². The van der Waals surface area contributed by atoms with Gasteiger partial charge in [-0.1, -0.05) is 30.7 Å². The third kappa shape index (κ3) is 2.00. The van der Waals surface area contributed by atoms with Gasteiger partial charge >= 0.3 is 0 Å². The van der Waals surface area contributed by atoms with E-state index in [0.717, 1.165) is 12.3 Å². The highest BCUT2D eigenvalue weighted by Crippen LogP contribution is 2.34. The van der Waals surface area contributed by atoms with Gasteiger partial charge in [0.25, 0.3) is 0 Å². The predicted molar refractivity (Wildman–Crippen MR) is 70.8 cm³/mol. The number of benzene rings is 1. The topological polar surface area (TPSA) is 29.3 Å². The van der Waals surface area contributed by atoms with Gasteiger partial charge in [-0.25, -0.2) is 0 Å². The summed E-state index contributed by atoms with van der Waals surface area (Å²) in [7, 11) is 2.24. The maximum Gasteiger partial charge on any atom is 0.0459 e. The Morgan fingerprint density at radius 1 is 1.29 bits per heavy atom. The lowest BCUT2D eigenvalue weighted by atomic mass is 9.85. The summed E-state index contributed by atoms with van der Waals surface area (Å²) in [6.07, 6.45) is 5.38. The molecule has 0 radical (unpaired) electrons. The third-order valence-electron chi connectivity index (χ3n) is 4.59. The summed E-state index contributed by atoms with van der Waals surface area (Å²) in [4.78, 5) is 2.49. The van der Waals surface area contributed by atoms with Gasteiger partial charge in [0.2, 0.25) is 0 Å². The molecular weight excluding hydrogens is 208 g/mol. The molecule has 2 heteroatoms. The van der Waals surface area contributed by atoms with Crippen LogP contribution < -0.4 is 5.73 Å². The monoisotopic (exact) mass is 230 g/mol. The van der Waals surface area contributed by atoms with Gasteiger partial charge in [0.05, 0.1) is 0 Å². The minimum Gasteiger partial charge on any atom is -0.323 e. The Morgan fingerprint density at radius 3 is 2.71 bits per heavy atom. The summed E-state index contributed by atoms with van der Waals surface area (Å²) >= 11 is 0. The third-order valence-corrected chi connectivity index (χ3v) is 4.59. The van der Waals surface area contributed by atoms with Crippen LogP contribution in [0.4, 0.5) is 0 Å². The summed E-state index contributed by atoms with van der Waals surface area (Å²) in [5.41, 5.74) is 9.19. The number of rotatable bonds is 3. The van der Waals surface area contributed by atoms with E-state index in [1.54, 1.807) is 0 Å². The van der Waals surface area contributed by atoms with Crippen LogP contribution in [0.15, 0.2) is 24.3 Å². The highest BCUT2D eigenvalue weighted by Gasteiger charge is 2.33. The lowest BCUT2D eigenvalue weighted by molar-refractivity contribution is 0.151. The first-order valence-corrected chi connectivity index (χ1v) is 6.79. The second-order valence-corrected chi connectivity index (χ2v) is 5.73. The summed E-state index contributed by atoms with van der Waals surface area (Å²) in [5, 5.41) is 0. The van der Waals surface area contributed by atoms with Crippen LogP contribution in [0.1, 0.15) is 36.4 Å². The molecule has 0 heterocycles. The number of nitrogens with two attached hydrogens (primary N) is 1. The van der Waals surface area contributed by atoms with Crippen LogP contribution in [-0.4, -0.2) is 24.5 Å². The minimum absolute atomic E-state index is 0.205. The van der Waals surface area contributed by atoms with Crippen molar-refractivity contribution in [3.8, 4) is 0 Å². The largest absolute Gasteiger partial charge is 0.323 e. The molecule has 1 fully saturated rings. The van der Waals surface area contributed by atoms with Crippen molar-refractivity contribution >= 4 is 0 Å². The van der Waals surface area contributed by atoms with E-state index in [2.05, 4.69) is 36.2 Å². The molecule has 1 aromatic carbocycles. The molecule has 0 saturated heterocycles. The first-order chi connectivity index (χ1) is 8.25. The van der Waals surface area contributed by atoms with Crippen LogP contribution in [0.2, 0.25) is 0 Å². The maximum atomic E-state index is 6.39. The van der Waals surface area contributed by atoms with E-state index in [0.29, 0.717) is 6.04 Å². The van der Waals surface area contributed by atoms with Crippen molar-refractivity contribution in [2.45, 2.75) is 37.8 Å². The molecule has 92 valence electrons. The highest BCUT2D eigenvalue weighted by molar-refractivity contribution is 5.36. The molecule has 2 unspecified atom stereocenters. The van der Waals surface area contributed by atoms with E-state index in [4.69, 9.17) is 5.73 Å². The fourth-order valence-electron chi connectivity index (χ4n) is 3.25. The van der Waals surface area contributed by atoms with E-state index in [9.17, 15) is 0 Å². The maximum absolute atomic E-state index is 6.39. The van der Waals surface area contributed by atoms with Crippen molar-refractivity contribution in [1.82, 2.24) is 4.90 Å². The van der Waals surface area contributed by atoms with Crippen LogP contribution in [0.25, 0.3) is 0 Å². The molecule has 2 aliphatic carbocycles. The van der Waals surface area contributed by atoms with Gasteiger partial charge in [0, 0.05) is 18.6 Å². The lowest BCUT2D eigenvalue weighted by Gasteiger charge is -2.35. The Hall–Kier alpha value is -0.860. The molecule has 0 aliphatic heterocycles. The van der Waals surface area contributed by atoms with Crippen LogP contribution in [0, 0.1) is 5.92 Å². The molecular formula is C15H22N2. The SMILES string of the molecule is CN(CC1CCC1)C1Cc2ccccc2C1N. The molecule has 0 bridgehead atoms. The Morgan fingerprint density at radius 2 is 2.06 bits per heavy atom. The zero-order valence-corrected chi connectivity index (χ0v) is 10.6. The van der Waals surface area contributed by atoms with E-state index >= 15 is 0 Å². The highest BCUT2D eigenvalue weighted by atomic mass is 15.2. The normalized spacial score (nSPS) is 28.2. The average Bonchev–Trinajstić information content (AvgIpc) is 2.62. The Bertz CT molecular complexity index is 398. The molecule has 2 nitrogen and oxygen atoms in total. The van der Waals surface area contributed by atoms with E-state index in [-0.39, 0.29) is 6.04 Å². The number of hydrogen-bond acceptors (Lipinski definition) is 2. The molecule has 17 heavy (non-hydrogen) atoms. The zero-order chi connectivity index (χ0) is 11.8. The Balaban J connectivity index is 1.69. The number of likely N-dealkylation sites (N-methyl/N-ethyl adjacent to an activating group) is 1. The first kappa shape index (κ1) is 11.2. The number of hydrogen-bond donors (Lipinski definition) is 1. The van der Waals surface area contributed by atoms with Crippen molar-refractivity contribution in [1.29, 1.82) is 0 Å². The standard InChI is InChI=1S/C15H22N2/c1-17(10-11-5-4-6-11)14-9-12-7-2-3-8-13(12)15(14)16/h2-3,7-8,11,14-15H,4-6,9-10,16H2,1H3. The predicted octanol–water partition coefficient (Wildman–Crippen LogP) is 2.34. The number of nitrogens with zero attached hydrogens (tertiary/aromatic N) is 1. The van der Waals surface area contributed by atoms with Crippen molar-refractivity contribution in [2.75, 3.05) is 13.6 Å². The molecule has 0 spiro atoms. The first-order valence-electron chi connectivity index (χ1n) is 6.79. The van der Waals surface area contributed by atoms with Crippen LogP contribution >= 0.6 is 0 Å². The van der Waals surface area contributed by atoms with E-state index < -0.39 is 0 Å². The average molecular weight is 230 g/mol. The number of fused-ring (bicyclic) bond motifs is 1. The fourth-order valence-corrected chi connectivity index (χ4v) is 3.25. The smallest absolute Gasteiger partial charge is 0.0459 e. The molecule has 2 aliphatic rings. The van der Waals surface area contributed by atoms with Crippen LogP contribution in [0.3, 0.4) is 0 Å². The van der Waals surface area contributed by atoms with Crippen molar-refractivity contribution < 1.29 is 0 Å². The van der Waals surface area contributed by atoms with Crippen molar-refractivity contribution in [2.24, 2.45) is 11.7 Å². The van der Waals surface area contributed by atoms with Gasteiger partial charge in [-0.15, -0.1) is 0 Å². The molecule has 2 atom stereocenters. The molecule has 1 aromatic rings. The van der Waals surface area contributed by atoms with Gasteiger partial charge in [0.15, 0.2) is 0 Å². The van der Waals surface area contributed by atoms with Gasteiger partial charge < -0.3 is 10.6 Å². The van der Waals surface area contributed by atoms with Crippen LogP contribution in [-0.2, 0) is 6.42 Å².